The van der Waals surface area contributed by atoms with Gasteiger partial charge in [0.2, 0.25) is 11.8 Å². The Morgan fingerprint density at radius 3 is 2.61 bits per heavy atom. The van der Waals surface area contributed by atoms with Crippen LogP contribution in [-0.2, 0) is 16.1 Å². The molecule has 1 aliphatic heterocycles. The molecule has 2 rings (SSSR count). The molecule has 2 amide bonds. The lowest BCUT2D eigenvalue weighted by atomic mass is 10.2. The van der Waals surface area contributed by atoms with Gasteiger partial charge in [-0.25, -0.2) is 4.39 Å². The van der Waals surface area contributed by atoms with E-state index in [-0.39, 0.29) is 30.7 Å². The number of rotatable bonds is 9. The van der Waals surface area contributed by atoms with E-state index in [0.29, 0.717) is 49.9 Å². The zero-order valence-electron chi connectivity index (χ0n) is 16.7. The number of nitrogens with zero attached hydrogens (tertiary/aromatic N) is 3. The second-order valence-electron chi connectivity index (χ2n) is 7.23. The van der Waals surface area contributed by atoms with E-state index in [9.17, 15) is 14.0 Å². The number of amides is 2. The molecule has 0 aliphatic carbocycles. The Hall–Kier alpha value is -1.70. The maximum atomic E-state index is 13.9. The zero-order chi connectivity index (χ0) is 20.5. The molecule has 1 aromatic rings. The molecule has 1 saturated heterocycles. The molecule has 0 spiro atoms. The van der Waals surface area contributed by atoms with Gasteiger partial charge in [0.1, 0.15) is 5.82 Å². The highest BCUT2D eigenvalue weighted by atomic mass is 35.5. The summed E-state index contributed by atoms with van der Waals surface area (Å²) in [5, 5.41) is 3.28. The Morgan fingerprint density at radius 2 is 1.96 bits per heavy atom. The van der Waals surface area contributed by atoms with Crippen LogP contribution in [0.25, 0.3) is 0 Å². The first-order valence-corrected chi connectivity index (χ1v) is 10.2. The summed E-state index contributed by atoms with van der Waals surface area (Å²) in [4.78, 5) is 30.0. The van der Waals surface area contributed by atoms with Crippen molar-refractivity contribution in [1.82, 2.24) is 20.0 Å². The number of likely N-dealkylation sites (N-methyl/N-ethyl adjacent to an activating group) is 1. The molecule has 0 atom stereocenters. The fraction of sp³-hybridized carbons (Fsp3) is 0.600. The van der Waals surface area contributed by atoms with Crippen molar-refractivity contribution >= 4 is 23.4 Å². The predicted octanol–water partition coefficient (Wildman–Crippen LogP) is 1.97. The summed E-state index contributed by atoms with van der Waals surface area (Å²) < 4.78 is 13.9. The van der Waals surface area contributed by atoms with E-state index in [4.69, 9.17) is 11.6 Å². The molecule has 1 aliphatic rings. The standard InChI is InChI=1S/C20H30ClFN4O2/c1-3-4-8-23-19(27)14-25-9-11-26(12-10-25)20(28)15-24(2)13-16-17(21)6-5-7-18(16)22/h5-7H,3-4,8-15H2,1-2H3,(H,23,27). The lowest BCUT2D eigenvalue weighted by molar-refractivity contribution is -0.134. The molecule has 0 saturated carbocycles. The van der Waals surface area contributed by atoms with Crippen LogP contribution in [0.3, 0.4) is 0 Å². The maximum Gasteiger partial charge on any atom is 0.236 e. The SMILES string of the molecule is CCCCNC(=O)CN1CCN(C(=O)CN(C)Cc2c(F)cccc2Cl)CC1. The van der Waals surface area contributed by atoms with Crippen molar-refractivity contribution in [1.29, 1.82) is 0 Å². The van der Waals surface area contributed by atoms with Gasteiger partial charge >= 0.3 is 0 Å². The van der Waals surface area contributed by atoms with Crippen LogP contribution in [-0.4, -0.2) is 79.4 Å². The summed E-state index contributed by atoms with van der Waals surface area (Å²) in [6.07, 6.45) is 2.04. The van der Waals surface area contributed by atoms with Crippen LogP contribution in [0.5, 0.6) is 0 Å². The lowest BCUT2D eigenvalue weighted by Crippen LogP contribution is -2.52. The molecule has 1 aromatic carbocycles. The molecule has 1 fully saturated rings. The average molecular weight is 413 g/mol. The van der Waals surface area contributed by atoms with Gasteiger partial charge in [-0.2, -0.15) is 0 Å². The average Bonchev–Trinajstić information content (AvgIpc) is 2.65. The van der Waals surface area contributed by atoms with Crippen LogP contribution in [0.4, 0.5) is 4.39 Å². The number of carbonyl (C=O) groups excluding carboxylic acids is 2. The molecule has 28 heavy (non-hydrogen) atoms. The van der Waals surface area contributed by atoms with Gasteiger partial charge in [0, 0.05) is 49.9 Å². The summed E-state index contributed by atoms with van der Waals surface area (Å²) in [7, 11) is 1.78. The highest BCUT2D eigenvalue weighted by Gasteiger charge is 2.23. The van der Waals surface area contributed by atoms with E-state index >= 15 is 0 Å². The Morgan fingerprint density at radius 1 is 1.25 bits per heavy atom. The number of halogens is 2. The number of hydrogen-bond donors (Lipinski definition) is 1. The molecular formula is C20H30ClFN4O2. The Balaban J connectivity index is 1.73. The van der Waals surface area contributed by atoms with E-state index in [2.05, 4.69) is 17.1 Å². The molecular weight excluding hydrogens is 383 g/mol. The van der Waals surface area contributed by atoms with Crippen molar-refractivity contribution in [2.45, 2.75) is 26.3 Å². The van der Waals surface area contributed by atoms with Crippen LogP contribution in [0.2, 0.25) is 5.02 Å². The normalized spacial score (nSPS) is 15.1. The Kier molecular flexibility index (Phi) is 9.15. The van der Waals surface area contributed by atoms with Crippen molar-refractivity contribution in [3.8, 4) is 0 Å². The van der Waals surface area contributed by atoms with E-state index < -0.39 is 0 Å². The number of nitrogens with one attached hydrogen (secondary N) is 1. The van der Waals surface area contributed by atoms with E-state index in [0.717, 1.165) is 12.8 Å². The maximum absolute atomic E-state index is 13.9. The minimum Gasteiger partial charge on any atom is -0.355 e. The van der Waals surface area contributed by atoms with Gasteiger partial charge in [0.05, 0.1) is 13.1 Å². The molecule has 0 radical (unpaired) electrons. The monoisotopic (exact) mass is 412 g/mol. The first-order chi connectivity index (χ1) is 13.4. The molecule has 1 N–H and O–H groups in total. The lowest BCUT2D eigenvalue weighted by Gasteiger charge is -2.35. The third kappa shape index (κ3) is 7.04. The van der Waals surface area contributed by atoms with Crippen molar-refractivity contribution in [2.24, 2.45) is 0 Å². The van der Waals surface area contributed by atoms with Gasteiger partial charge in [-0.15, -0.1) is 0 Å². The second-order valence-corrected chi connectivity index (χ2v) is 7.64. The van der Waals surface area contributed by atoms with E-state index in [1.54, 1.807) is 29.0 Å². The van der Waals surface area contributed by atoms with Gasteiger partial charge in [0.15, 0.2) is 0 Å². The first-order valence-electron chi connectivity index (χ1n) is 9.79. The molecule has 0 unspecified atom stereocenters. The fourth-order valence-electron chi connectivity index (χ4n) is 3.16. The third-order valence-corrected chi connectivity index (χ3v) is 5.19. The number of hydrogen-bond acceptors (Lipinski definition) is 4. The molecule has 1 heterocycles. The van der Waals surface area contributed by atoms with Gasteiger partial charge < -0.3 is 10.2 Å². The number of unbranched alkanes of at least 4 members (excludes halogenated alkanes) is 1. The third-order valence-electron chi connectivity index (χ3n) is 4.84. The van der Waals surface area contributed by atoms with Gasteiger partial charge in [0.25, 0.3) is 0 Å². The summed E-state index contributed by atoms with van der Waals surface area (Å²) >= 11 is 6.06. The van der Waals surface area contributed by atoms with Crippen molar-refractivity contribution < 1.29 is 14.0 Å². The van der Waals surface area contributed by atoms with Crippen LogP contribution >= 0.6 is 11.6 Å². The van der Waals surface area contributed by atoms with Crippen molar-refractivity contribution in [2.75, 3.05) is 52.9 Å². The van der Waals surface area contributed by atoms with Crippen LogP contribution in [0.1, 0.15) is 25.3 Å². The highest BCUT2D eigenvalue weighted by Crippen LogP contribution is 2.20. The van der Waals surface area contributed by atoms with E-state index in [1.165, 1.54) is 6.07 Å². The Labute approximate surface area is 171 Å². The number of piperazine rings is 1. The minimum atomic E-state index is -0.363. The summed E-state index contributed by atoms with van der Waals surface area (Å²) in [6, 6.07) is 4.58. The van der Waals surface area contributed by atoms with Crippen LogP contribution < -0.4 is 5.32 Å². The van der Waals surface area contributed by atoms with Gasteiger partial charge in [-0.1, -0.05) is 31.0 Å². The molecule has 156 valence electrons. The van der Waals surface area contributed by atoms with Gasteiger partial charge in [-0.05, 0) is 25.6 Å². The summed E-state index contributed by atoms with van der Waals surface area (Å²) in [5.41, 5.74) is 0.401. The van der Waals surface area contributed by atoms with E-state index in [1.807, 2.05) is 0 Å². The topological polar surface area (TPSA) is 55.9 Å². The molecule has 8 heteroatoms. The van der Waals surface area contributed by atoms with Crippen LogP contribution in [0.15, 0.2) is 18.2 Å². The Bertz CT molecular complexity index is 645. The van der Waals surface area contributed by atoms with Crippen molar-refractivity contribution in [3.63, 3.8) is 0 Å². The number of benzene rings is 1. The molecule has 6 nitrogen and oxygen atoms in total. The largest absolute Gasteiger partial charge is 0.355 e. The predicted molar refractivity (Wildman–Crippen MR) is 109 cm³/mol. The van der Waals surface area contributed by atoms with Crippen molar-refractivity contribution in [3.05, 3.63) is 34.6 Å². The second kappa shape index (κ2) is 11.3. The zero-order valence-corrected chi connectivity index (χ0v) is 17.5. The number of carbonyl (C=O) groups is 2. The summed E-state index contributed by atoms with van der Waals surface area (Å²) in [5.74, 6) is -0.325. The smallest absolute Gasteiger partial charge is 0.236 e. The summed E-state index contributed by atoms with van der Waals surface area (Å²) in [6.45, 7) is 6.18. The molecule has 0 aromatic heterocycles. The van der Waals surface area contributed by atoms with Gasteiger partial charge in [-0.3, -0.25) is 19.4 Å². The fourth-order valence-corrected chi connectivity index (χ4v) is 3.38. The highest BCUT2D eigenvalue weighted by molar-refractivity contribution is 6.31. The quantitative estimate of drug-likeness (QED) is 0.630. The minimum absolute atomic E-state index is 0.00186. The van der Waals surface area contributed by atoms with Crippen LogP contribution in [0, 0.1) is 5.82 Å². The first kappa shape index (κ1) is 22.6. The molecule has 0 bridgehead atoms.